The lowest BCUT2D eigenvalue weighted by Gasteiger charge is -2.36. The Balaban J connectivity index is 1.77. The summed E-state index contributed by atoms with van der Waals surface area (Å²) in [6.07, 6.45) is 1.82. The lowest BCUT2D eigenvalue weighted by molar-refractivity contribution is -0.127. The highest BCUT2D eigenvalue weighted by Gasteiger charge is 2.33. The van der Waals surface area contributed by atoms with E-state index in [2.05, 4.69) is 15.5 Å². The molecule has 0 bridgehead atoms. The third kappa shape index (κ3) is 3.68. The Hall–Kier alpha value is -1.18. The molecule has 0 aliphatic carbocycles. The van der Waals surface area contributed by atoms with E-state index < -0.39 is 6.03 Å². The van der Waals surface area contributed by atoms with Crippen LogP contribution in [-0.4, -0.2) is 62.5 Å². The highest BCUT2D eigenvalue weighted by Crippen LogP contribution is 2.26. The van der Waals surface area contributed by atoms with Crippen LogP contribution in [0, 0.1) is 5.92 Å². The van der Waals surface area contributed by atoms with Crippen molar-refractivity contribution < 1.29 is 19.1 Å². The van der Waals surface area contributed by atoms with Crippen molar-refractivity contribution in [1.29, 1.82) is 0 Å². The van der Waals surface area contributed by atoms with Crippen molar-refractivity contribution in [2.24, 2.45) is 5.92 Å². The molecule has 2 fully saturated rings. The fourth-order valence-corrected chi connectivity index (χ4v) is 2.67. The van der Waals surface area contributed by atoms with E-state index in [9.17, 15) is 9.59 Å². The average molecular weight is 285 g/mol. The molecule has 1 atom stereocenters. The highest BCUT2D eigenvalue weighted by atomic mass is 16.7. The highest BCUT2D eigenvalue weighted by molar-refractivity contribution is 5.96. The van der Waals surface area contributed by atoms with Crippen molar-refractivity contribution >= 4 is 11.9 Å². The summed E-state index contributed by atoms with van der Waals surface area (Å²) in [6.45, 7) is 4.80. The van der Waals surface area contributed by atoms with Gasteiger partial charge in [-0.15, -0.1) is 0 Å². The average Bonchev–Trinajstić information content (AvgIpc) is 3.00. The van der Waals surface area contributed by atoms with Crippen LogP contribution in [0.4, 0.5) is 4.79 Å². The number of likely N-dealkylation sites (tertiary alicyclic amines) is 1. The maximum Gasteiger partial charge on any atom is 0.321 e. The third-order valence-electron chi connectivity index (χ3n) is 4.00. The summed E-state index contributed by atoms with van der Waals surface area (Å²) in [7, 11) is 1.49. The van der Waals surface area contributed by atoms with Crippen molar-refractivity contribution in [3.63, 3.8) is 0 Å². The summed E-state index contributed by atoms with van der Waals surface area (Å²) >= 11 is 0. The van der Waals surface area contributed by atoms with Gasteiger partial charge in [-0.05, 0) is 32.9 Å². The lowest BCUT2D eigenvalue weighted by Crippen LogP contribution is -2.51. The topological polar surface area (TPSA) is 79.9 Å². The number of urea groups is 1. The van der Waals surface area contributed by atoms with E-state index >= 15 is 0 Å². The van der Waals surface area contributed by atoms with Crippen LogP contribution in [-0.2, 0) is 14.3 Å². The second kappa shape index (κ2) is 7.01. The zero-order chi connectivity index (χ0) is 14.5. The number of ether oxygens (including phenoxy) is 2. The maximum atomic E-state index is 11.9. The monoisotopic (exact) mass is 285 g/mol. The number of piperidine rings is 1. The molecule has 2 aliphatic rings. The molecule has 0 aromatic rings. The largest absolute Gasteiger partial charge is 0.350 e. The fraction of sp³-hybridized carbons (Fsp3) is 0.846. The molecule has 2 heterocycles. The van der Waals surface area contributed by atoms with Crippen LogP contribution in [0.25, 0.3) is 0 Å². The molecule has 114 valence electrons. The summed E-state index contributed by atoms with van der Waals surface area (Å²) in [5.74, 6) is 0.138. The Morgan fingerprint density at radius 1 is 1.20 bits per heavy atom. The molecule has 1 unspecified atom stereocenters. The van der Waals surface area contributed by atoms with Gasteiger partial charge in [0.2, 0.25) is 5.91 Å². The molecule has 3 amide bonds. The first-order chi connectivity index (χ1) is 9.61. The summed E-state index contributed by atoms with van der Waals surface area (Å²) in [6, 6.07) is -0.775. The Morgan fingerprint density at radius 3 is 2.35 bits per heavy atom. The summed E-state index contributed by atoms with van der Waals surface area (Å²) < 4.78 is 11.1. The van der Waals surface area contributed by atoms with E-state index in [0.29, 0.717) is 19.1 Å². The first-order valence-corrected chi connectivity index (χ1v) is 7.11. The van der Waals surface area contributed by atoms with Crippen molar-refractivity contribution in [3.8, 4) is 0 Å². The number of amides is 3. The van der Waals surface area contributed by atoms with Gasteiger partial charge >= 0.3 is 6.03 Å². The van der Waals surface area contributed by atoms with E-state index in [1.165, 1.54) is 7.05 Å². The zero-order valence-corrected chi connectivity index (χ0v) is 12.1. The quantitative estimate of drug-likeness (QED) is 0.758. The van der Waals surface area contributed by atoms with Gasteiger partial charge in [-0.25, -0.2) is 4.79 Å². The lowest BCUT2D eigenvalue weighted by atomic mass is 9.95. The first kappa shape index (κ1) is 15.2. The predicted octanol–water partition coefficient (Wildman–Crippen LogP) is -0.0846. The molecule has 2 saturated heterocycles. The SMILES string of the molecule is CNC(=O)NC(=O)C(C)N1CCC(C2OCCO2)CC1. The van der Waals surface area contributed by atoms with E-state index in [0.717, 1.165) is 25.9 Å². The van der Waals surface area contributed by atoms with E-state index in [1.54, 1.807) is 0 Å². The molecule has 0 spiro atoms. The number of hydrogen-bond donors (Lipinski definition) is 2. The summed E-state index contributed by atoms with van der Waals surface area (Å²) in [5.41, 5.74) is 0. The van der Waals surface area contributed by atoms with E-state index in [1.807, 2.05) is 6.92 Å². The third-order valence-corrected chi connectivity index (χ3v) is 4.00. The molecule has 2 rings (SSSR count). The molecule has 7 heteroatoms. The number of nitrogens with one attached hydrogen (secondary N) is 2. The molecule has 20 heavy (non-hydrogen) atoms. The van der Waals surface area contributed by atoms with Crippen LogP contribution in [0.15, 0.2) is 0 Å². The van der Waals surface area contributed by atoms with Crippen LogP contribution in [0.5, 0.6) is 0 Å². The minimum Gasteiger partial charge on any atom is -0.350 e. The Morgan fingerprint density at radius 2 is 1.80 bits per heavy atom. The van der Waals surface area contributed by atoms with E-state index in [-0.39, 0.29) is 18.2 Å². The van der Waals surface area contributed by atoms with Gasteiger partial charge in [0.1, 0.15) is 0 Å². The smallest absolute Gasteiger partial charge is 0.321 e. The molecule has 7 nitrogen and oxygen atoms in total. The minimum atomic E-state index is -0.468. The molecule has 0 radical (unpaired) electrons. The van der Waals surface area contributed by atoms with Crippen molar-refractivity contribution in [2.75, 3.05) is 33.4 Å². The van der Waals surface area contributed by atoms with Gasteiger partial charge in [-0.3, -0.25) is 15.0 Å². The Bertz CT molecular complexity index is 350. The number of hydrogen-bond acceptors (Lipinski definition) is 5. The minimum absolute atomic E-state index is 0.0767. The zero-order valence-electron chi connectivity index (χ0n) is 12.1. The molecular formula is C13H23N3O4. The van der Waals surface area contributed by atoms with Crippen LogP contribution in [0.1, 0.15) is 19.8 Å². The number of imide groups is 1. The van der Waals surface area contributed by atoms with Gasteiger partial charge in [0.05, 0.1) is 19.3 Å². The fourth-order valence-electron chi connectivity index (χ4n) is 2.67. The normalized spacial score (nSPS) is 23.5. The second-order valence-electron chi connectivity index (χ2n) is 5.23. The van der Waals surface area contributed by atoms with Gasteiger partial charge in [0.25, 0.3) is 0 Å². The van der Waals surface area contributed by atoms with Gasteiger partial charge in [0, 0.05) is 13.0 Å². The first-order valence-electron chi connectivity index (χ1n) is 7.11. The molecule has 0 aromatic heterocycles. The van der Waals surface area contributed by atoms with Crippen molar-refractivity contribution in [1.82, 2.24) is 15.5 Å². The van der Waals surface area contributed by atoms with Gasteiger partial charge in [0.15, 0.2) is 6.29 Å². The summed E-state index contributed by atoms with van der Waals surface area (Å²) in [5, 5.41) is 4.69. The van der Waals surface area contributed by atoms with Crippen molar-refractivity contribution in [3.05, 3.63) is 0 Å². The summed E-state index contributed by atoms with van der Waals surface area (Å²) in [4.78, 5) is 25.1. The standard InChI is InChI=1S/C13H23N3O4/c1-9(11(17)15-13(18)14-2)16-5-3-10(4-6-16)12-19-7-8-20-12/h9-10,12H,3-8H2,1-2H3,(H2,14,15,17,18). The Labute approximate surface area is 119 Å². The number of carbonyl (C=O) groups is 2. The molecule has 0 saturated carbocycles. The van der Waals surface area contributed by atoms with Gasteiger partial charge in [-0.1, -0.05) is 0 Å². The number of nitrogens with zero attached hydrogens (tertiary/aromatic N) is 1. The molecule has 2 N–H and O–H groups in total. The Kier molecular flexibility index (Phi) is 5.33. The van der Waals surface area contributed by atoms with Crippen LogP contribution >= 0.6 is 0 Å². The van der Waals surface area contributed by atoms with Crippen LogP contribution in [0.3, 0.4) is 0 Å². The maximum absolute atomic E-state index is 11.9. The second-order valence-corrected chi connectivity index (χ2v) is 5.23. The number of rotatable bonds is 3. The van der Waals surface area contributed by atoms with Crippen LogP contribution < -0.4 is 10.6 Å². The van der Waals surface area contributed by atoms with E-state index in [4.69, 9.17) is 9.47 Å². The molecule has 0 aromatic carbocycles. The van der Waals surface area contributed by atoms with Gasteiger partial charge < -0.3 is 14.8 Å². The van der Waals surface area contributed by atoms with Crippen LogP contribution in [0.2, 0.25) is 0 Å². The van der Waals surface area contributed by atoms with Crippen molar-refractivity contribution in [2.45, 2.75) is 32.1 Å². The van der Waals surface area contributed by atoms with Gasteiger partial charge in [-0.2, -0.15) is 0 Å². The molecular weight excluding hydrogens is 262 g/mol. The predicted molar refractivity (Wildman–Crippen MR) is 72.0 cm³/mol. The molecule has 2 aliphatic heterocycles. The number of carbonyl (C=O) groups excluding carboxylic acids is 2.